The molecule has 1 aromatic heterocycles. The minimum atomic E-state index is 1.26. The summed E-state index contributed by atoms with van der Waals surface area (Å²) in [6.07, 6.45) is 0. The summed E-state index contributed by atoms with van der Waals surface area (Å²) >= 11 is 1.88. The molecule has 9 rings (SSSR count). The lowest BCUT2D eigenvalue weighted by molar-refractivity contribution is 1.63. The van der Waals surface area contributed by atoms with Gasteiger partial charge in [-0.05, 0) is 77.8 Å². The SMILES string of the molecule is c1ccc(-c2c3ccccc3c(-c3cccc4sc5ccccc5c34)c3ccccc23)c(-c2cccc3ccccc23)c1. The molecule has 0 unspecified atom stereocenters. The number of thiophene rings is 1. The van der Waals surface area contributed by atoms with Crippen LogP contribution in [0.2, 0.25) is 0 Å². The Balaban J connectivity index is 1.43. The first kappa shape index (κ1) is 24.4. The maximum atomic E-state index is 2.32. The summed E-state index contributed by atoms with van der Waals surface area (Å²) in [5, 5.41) is 10.3. The van der Waals surface area contributed by atoms with Crippen molar-refractivity contribution in [2.75, 3.05) is 0 Å². The van der Waals surface area contributed by atoms with Crippen LogP contribution in [0.1, 0.15) is 0 Å². The summed E-state index contributed by atoms with van der Waals surface area (Å²) in [5.41, 5.74) is 7.69. The first-order valence-electron chi connectivity index (χ1n) is 14.8. The van der Waals surface area contributed by atoms with E-state index < -0.39 is 0 Å². The monoisotopic (exact) mass is 562 g/mol. The fraction of sp³-hybridized carbons (Fsp3) is 0. The standard InChI is InChI=1S/C42H26S/c1-2-15-28-27(13-1)14-11-23-29(28)30-16-3-4-17-31(30)40-32-18-5-7-20-34(32)41(35-21-8-6-19-33(35)40)37-24-12-26-39-42(37)36-22-9-10-25-38(36)43-39/h1-26H. The van der Waals surface area contributed by atoms with Crippen LogP contribution in [0.25, 0.3) is 85.9 Å². The molecule has 0 spiro atoms. The molecule has 1 heterocycles. The second-order valence-electron chi connectivity index (χ2n) is 11.2. The third-order valence-corrected chi connectivity index (χ3v) is 10.0. The Bertz CT molecular complexity index is 2450. The van der Waals surface area contributed by atoms with E-state index in [4.69, 9.17) is 0 Å². The van der Waals surface area contributed by atoms with Gasteiger partial charge >= 0.3 is 0 Å². The Morgan fingerprint density at radius 3 is 1.44 bits per heavy atom. The molecular formula is C42H26S. The molecule has 0 nitrogen and oxygen atoms in total. The van der Waals surface area contributed by atoms with Crippen molar-refractivity contribution >= 4 is 63.8 Å². The molecule has 0 aliphatic heterocycles. The molecule has 0 radical (unpaired) electrons. The van der Waals surface area contributed by atoms with E-state index in [0.29, 0.717) is 0 Å². The lowest BCUT2D eigenvalue weighted by atomic mass is 9.82. The number of fused-ring (bicyclic) bond motifs is 6. The Kier molecular flexibility index (Phi) is 5.47. The van der Waals surface area contributed by atoms with Crippen LogP contribution >= 0.6 is 11.3 Å². The predicted octanol–water partition coefficient (Wildman–Crippen LogP) is 12.5. The van der Waals surface area contributed by atoms with Crippen LogP contribution in [-0.4, -0.2) is 0 Å². The third kappa shape index (κ3) is 3.69. The van der Waals surface area contributed by atoms with Crippen molar-refractivity contribution < 1.29 is 0 Å². The van der Waals surface area contributed by atoms with Gasteiger partial charge in [0.2, 0.25) is 0 Å². The van der Waals surface area contributed by atoms with E-state index in [9.17, 15) is 0 Å². The number of rotatable bonds is 3. The van der Waals surface area contributed by atoms with Crippen molar-refractivity contribution in [1.82, 2.24) is 0 Å². The molecule has 8 aromatic carbocycles. The van der Waals surface area contributed by atoms with Gasteiger partial charge in [-0.15, -0.1) is 11.3 Å². The van der Waals surface area contributed by atoms with Crippen LogP contribution in [0.5, 0.6) is 0 Å². The van der Waals surface area contributed by atoms with Gasteiger partial charge in [-0.3, -0.25) is 0 Å². The van der Waals surface area contributed by atoms with Gasteiger partial charge in [0.1, 0.15) is 0 Å². The van der Waals surface area contributed by atoms with Gasteiger partial charge in [0.05, 0.1) is 0 Å². The highest BCUT2D eigenvalue weighted by molar-refractivity contribution is 7.25. The van der Waals surface area contributed by atoms with Gasteiger partial charge < -0.3 is 0 Å². The predicted molar refractivity (Wildman–Crippen MR) is 188 cm³/mol. The van der Waals surface area contributed by atoms with Crippen LogP contribution in [-0.2, 0) is 0 Å². The van der Waals surface area contributed by atoms with Crippen LogP contribution in [0.3, 0.4) is 0 Å². The molecule has 9 aromatic rings. The van der Waals surface area contributed by atoms with Crippen LogP contribution in [0, 0.1) is 0 Å². The molecule has 0 aliphatic carbocycles. The topological polar surface area (TPSA) is 0 Å². The van der Waals surface area contributed by atoms with Crippen molar-refractivity contribution in [3.05, 3.63) is 158 Å². The third-order valence-electron chi connectivity index (χ3n) is 8.88. The van der Waals surface area contributed by atoms with Crippen molar-refractivity contribution in [2.45, 2.75) is 0 Å². The van der Waals surface area contributed by atoms with Gasteiger partial charge in [0, 0.05) is 20.2 Å². The molecule has 0 fully saturated rings. The van der Waals surface area contributed by atoms with Gasteiger partial charge in [-0.2, -0.15) is 0 Å². The average molecular weight is 563 g/mol. The fourth-order valence-electron chi connectivity index (χ4n) is 7.09. The van der Waals surface area contributed by atoms with Crippen molar-refractivity contribution in [1.29, 1.82) is 0 Å². The van der Waals surface area contributed by atoms with Gasteiger partial charge in [-0.1, -0.05) is 146 Å². The van der Waals surface area contributed by atoms with Crippen molar-refractivity contribution in [3.63, 3.8) is 0 Å². The van der Waals surface area contributed by atoms with Gasteiger partial charge in [-0.25, -0.2) is 0 Å². The summed E-state index contributed by atoms with van der Waals surface area (Å²) in [6, 6.07) is 57.9. The maximum absolute atomic E-state index is 2.32. The minimum absolute atomic E-state index is 1.26. The highest BCUT2D eigenvalue weighted by Crippen LogP contribution is 2.49. The summed E-state index contributed by atoms with van der Waals surface area (Å²) in [7, 11) is 0. The summed E-state index contributed by atoms with van der Waals surface area (Å²) in [5.74, 6) is 0. The Hall–Kier alpha value is -5.24. The first-order chi connectivity index (χ1) is 21.4. The average Bonchev–Trinajstić information content (AvgIpc) is 3.46. The van der Waals surface area contributed by atoms with Crippen LogP contribution in [0.15, 0.2) is 158 Å². The summed E-state index contributed by atoms with van der Waals surface area (Å²) in [4.78, 5) is 0. The second kappa shape index (κ2) is 9.66. The highest BCUT2D eigenvalue weighted by Gasteiger charge is 2.21. The van der Waals surface area contributed by atoms with E-state index in [0.717, 1.165) is 0 Å². The van der Waals surface area contributed by atoms with Gasteiger partial charge in [0.25, 0.3) is 0 Å². The molecular weight excluding hydrogens is 537 g/mol. The van der Waals surface area contributed by atoms with Crippen LogP contribution < -0.4 is 0 Å². The van der Waals surface area contributed by atoms with E-state index in [2.05, 4.69) is 158 Å². The zero-order valence-corrected chi connectivity index (χ0v) is 24.2. The summed E-state index contributed by atoms with van der Waals surface area (Å²) in [6.45, 7) is 0. The molecule has 0 bridgehead atoms. The van der Waals surface area contributed by atoms with Crippen molar-refractivity contribution in [3.8, 4) is 33.4 Å². The van der Waals surface area contributed by atoms with E-state index in [1.165, 1.54) is 85.9 Å². The van der Waals surface area contributed by atoms with E-state index in [1.807, 2.05) is 11.3 Å². The van der Waals surface area contributed by atoms with E-state index in [-0.39, 0.29) is 0 Å². The Labute approximate surface area is 254 Å². The zero-order chi connectivity index (χ0) is 28.3. The Morgan fingerprint density at radius 1 is 0.279 bits per heavy atom. The molecule has 1 heteroatoms. The summed E-state index contributed by atoms with van der Waals surface area (Å²) < 4.78 is 2.66. The number of hydrogen-bond donors (Lipinski definition) is 0. The number of benzene rings is 8. The molecule has 200 valence electrons. The fourth-order valence-corrected chi connectivity index (χ4v) is 8.22. The zero-order valence-electron chi connectivity index (χ0n) is 23.4. The van der Waals surface area contributed by atoms with Crippen LogP contribution in [0.4, 0.5) is 0 Å². The Morgan fingerprint density at radius 2 is 0.721 bits per heavy atom. The lowest BCUT2D eigenvalue weighted by Gasteiger charge is -2.20. The maximum Gasteiger partial charge on any atom is 0.0361 e. The van der Waals surface area contributed by atoms with E-state index in [1.54, 1.807) is 0 Å². The quantitative estimate of drug-likeness (QED) is 0.188. The van der Waals surface area contributed by atoms with E-state index >= 15 is 0 Å². The largest absolute Gasteiger partial charge is 0.135 e. The molecule has 0 aliphatic rings. The molecule has 0 saturated heterocycles. The number of hydrogen-bond acceptors (Lipinski definition) is 1. The minimum Gasteiger partial charge on any atom is -0.135 e. The van der Waals surface area contributed by atoms with Crippen molar-refractivity contribution in [2.24, 2.45) is 0 Å². The molecule has 0 amide bonds. The normalized spacial score (nSPS) is 11.7. The molecule has 0 saturated carbocycles. The highest BCUT2D eigenvalue weighted by atomic mass is 32.1. The molecule has 0 N–H and O–H groups in total. The molecule has 43 heavy (non-hydrogen) atoms. The first-order valence-corrected chi connectivity index (χ1v) is 15.6. The second-order valence-corrected chi connectivity index (χ2v) is 12.3. The molecule has 0 atom stereocenters. The smallest absolute Gasteiger partial charge is 0.0361 e. The van der Waals surface area contributed by atoms with Gasteiger partial charge in [0.15, 0.2) is 0 Å². The lowest BCUT2D eigenvalue weighted by Crippen LogP contribution is -1.93.